The minimum absolute atomic E-state index is 0.00556. The molecule has 7 nitrogen and oxygen atoms in total. The van der Waals surface area contributed by atoms with Gasteiger partial charge in [-0.2, -0.15) is 5.26 Å². The van der Waals surface area contributed by atoms with Gasteiger partial charge in [-0.25, -0.2) is 4.39 Å². The number of para-hydroxylation sites is 2. The normalized spacial score (nSPS) is 15.9. The number of nitriles is 1. The van der Waals surface area contributed by atoms with Gasteiger partial charge in [0.1, 0.15) is 24.0 Å². The smallest absolute Gasteiger partial charge is 0.266 e. The summed E-state index contributed by atoms with van der Waals surface area (Å²) in [5.41, 5.74) is 1.22. The van der Waals surface area contributed by atoms with Crippen LogP contribution in [-0.4, -0.2) is 35.6 Å². The number of fused-ring (bicyclic) bond motifs is 1. The van der Waals surface area contributed by atoms with E-state index < -0.39 is 11.7 Å². The summed E-state index contributed by atoms with van der Waals surface area (Å²) in [5, 5.41) is 15.7. The van der Waals surface area contributed by atoms with Crippen LogP contribution in [0.15, 0.2) is 60.3 Å². The van der Waals surface area contributed by atoms with Gasteiger partial charge in [-0.05, 0) is 37.1 Å². The van der Waals surface area contributed by atoms with Gasteiger partial charge in [-0.1, -0.05) is 30.3 Å². The Kier molecular flexibility index (Phi) is 6.81. The maximum Gasteiger partial charge on any atom is 0.266 e. The average molecular weight is 446 g/mol. The molecule has 0 bridgehead atoms. The maximum absolute atomic E-state index is 13.9. The second-order valence-corrected chi connectivity index (χ2v) is 7.77. The molecule has 2 amide bonds. The number of ether oxygens (including phenoxy) is 1. The van der Waals surface area contributed by atoms with E-state index in [1.807, 2.05) is 30.3 Å². The monoisotopic (exact) mass is 446 g/mol. The van der Waals surface area contributed by atoms with Crippen LogP contribution in [-0.2, 0) is 20.9 Å². The van der Waals surface area contributed by atoms with Crippen molar-refractivity contribution in [1.82, 2.24) is 9.88 Å². The van der Waals surface area contributed by atoms with Crippen LogP contribution in [0.1, 0.15) is 18.4 Å². The van der Waals surface area contributed by atoms with Gasteiger partial charge in [0.2, 0.25) is 5.91 Å². The summed E-state index contributed by atoms with van der Waals surface area (Å²) in [4.78, 5) is 25.1. The molecule has 1 aliphatic heterocycles. The van der Waals surface area contributed by atoms with Gasteiger partial charge in [0.25, 0.3) is 5.91 Å². The molecule has 4 rings (SSSR count). The molecule has 1 unspecified atom stereocenters. The van der Waals surface area contributed by atoms with Crippen molar-refractivity contribution in [3.8, 4) is 6.07 Å². The Bertz CT molecular complexity index is 1250. The summed E-state index contributed by atoms with van der Waals surface area (Å²) in [6, 6.07) is 15.0. The van der Waals surface area contributed by atoms with E-state index in [0.29, 0.717) is 12.1 Å². The lowest BCUT2D eigenvalue weighted by atomic mass is 10.1. The molecule has 1 atom stereocenters. The van der Waals surface area contributed by atoms with Gasteiger partial charge in [0.05, 0.1) is 11.8 Å². The predicted molar refractivity (Wildman–Crippen MR) is 123 cm³/mol. The Labute approximate surface area is 190 Å². The van der Waals surface area contributed by atoms with Crippen LogP contribution >= 0.6 is 0 Å². The van der Waals surface area contributed by atoms with Gasteiger partial charge in [-0.3, -0.25) is 9.59 Å². The molecule has 8 heteroatoms. The van der Waals surface area contributed by atoms with E-state index in [2.05, 4.69) is 10.6 Å². The summed E-state index contributed by atoms with van der Waals surface area (Å²) in [5.74, 6) is -1.46. The number of rotatable bonds is 7. The fourth-order valence-corrected chi connectivity index (χ4v) is 3.82. The Morgan fingerprint density at radius 1 is 1.21 bits per heavy atom. The van der Waals surface area contributed by atoms with E-state index in [4.69, 9.17) is 4.74 Å². The molecule has 33 heavy (non-hydrogen) atoms. The van der Waals surface area contributed by atoms with E-state index in [-0.39, 0.29) is 29.8 Å². The molecule has 1 fully saturated rings. The lowest BCUT2D eigenvalue weighted by molar-refractivity contribution is -0.122. The van der Waals surface area contributed by atoms with Crippen LogP contribution < -0.4 is 10.6 Å². The fourth-order valence-electron chi connectivity index (χ4n) is 3.82. The topological polar surface area (TPSA) is 96.2 Å². The third kappa shape index (κ3) is 5.27. The number of benzene rings is 2. The molecule has 0 spiro atoms. The van der Waals surface area contributed by atoms with Crippen molar-refractivity contribution in [1.29, 1.82) is 5.26 Å². The van der Waals surface area contributed by atoms with Gasteiger partial charge >= 0.3 is 0 Å². The second-order valence-electron chi connectivity index (χ2n) is 7.77. The van der Waals surface area contributed by atoms with Crippen LogP contribution in [0.4, 0.5) is 10.1 Å². The summed E-state index contributed by atoms with van der Waals surface area (Å²) >= 11 is 0. The van der Waals surface area contributed by atoms with E-state index in [9.17, 15) is 19.2 Å². The summed E-state index contributed by atoms with van der Waals surface area (Å²) in [6.07, 6.45) is 5.17. The fraction of sp³-hybridized carbons (Fsp3) is 0.240. The number of nitrogens with zero attached hydrogens (tertiary/aromatic N) is 2. The lowest BCUT2D eigenvalue weighted by Crippen LogP contribution is -2.34. The predicted octanol–water partition coefficient (Wildman–Crippen LogP) is 3.62. The largest absolute Gasteiger partial charge is 0.376 e. The number of halogens is 1. The van der Waals surface area contributed by atoms with Crippen molar-refractivity contribution < 1.29 is 18.7 Å². The van der Waals surface area contributed by atoms with Gasteiger partial charge in [0.15, 0.2) is 0 Å². The first-order valence-electron chi connectivity index (χ1n) is 10.7. The number of hydrogen-bond donors (Lipinski definition) is 2. The van der Waals surface area contributed by atoms with Crippen LogP contribution in [0.25, 0.3) is 17.0 Å². The first kappa shape index (κ1) is 22.2. The second kappa shape index (κ2) is 10.1. The van der Waals surface area contributed by atoms with Crippen LogP contribution in [0, 0.1) is 17.1 Å². The van der Waals surface area contributed by atoms with Crippen LogP contribution in [0.5, 0.6) is 0 Å². The molecule has 0 aliphatic carbocycles. The zero-order valence-corrected chi connectivity index (χ0v) is 17.9. The number of aromatic nitrogens is 1. The highest BCUT2D eigenvalue weighted by atomic mass is 19.1. The number of anilines is 1. The van der Waals surface area contributed by atoms with E-state index in [1.165, 1.54) is 24.3 Å². The highest BCUT2D eigenvalue weighted by molar-refractivity contribution is 6.10. The molecular weight excluding hydrogens is 423 g/mol. The Morgan fingerprint density at radius 2 is 2.00 bits per heavy atom. The summed E-state index contributed by atoms with van der Waals surface area (Å²) < 4.78 is 21.2. The third-order valence-electron chi connectivity index (χ3n) is 5.47. The van der Waals surface area contributed by atoms with Crippen molar-refractivity contribution in [2.75, 3.05) is 18.5 Å². The summed E-state index contributed by atoms with van der Waals surface area (Å²) in [6.45, 7) is 1.29. The van der Waals surface area contributed by atoms with Crippen LogP contribution in [0.2, 0.25) is 0 Å². The Balaban J connectivity index is 1.55. The summed E-state index contributed by atoms with van der Waals surface area (Å²) in [7, 11) is 0. The van der Waals surface area contributed by atoms with Crippen molar-refractivity contribution in [3.05, 3.63) is 71.7 Å². The highest BCUT2D eigenvalue weighted by Crippen LogP contribution is 2.24. The van der Waals surface area contributed by atoms with E-state index in [0.717, 1.165) is 30.4 Å². The van der Waals surface area contributed by atoms with Crippen molar-refractivity contribution in [3.63, 3.8) is 0 Å². The molecule has 2 heterocycles. The molecule has 2 aromatic carbocycles. The number of amides is 2. The zero-order valence-electron chi connectivity index (χ0n) is 17.9. The molecule has 168 valence electrons. The first-order chi connectivity index (χ1) is 16.0. The van der Waals surface area contributed by atoms with E-state index >= 15 is 0 Å². The quantitative estimate of drug-likeness (QED) is 0.428. The van der Waals surface area contributed by atoms with Gasteiger partial charge in [0, 0.05) is 35.8 Å². The Hall–Kier alpha value is -3.96. The van der Waals surface area contributed by atoms with E-state index in [1.54, 1.807) is 16.8 Å². The number of carbonyl (C=O) groups excluding carboxylic acids is 2. The number of nitrogens with one attached hydrogen (secondary N) is 2. The Morgan fingerprint density at radius 3 is 2.76 bits per heavy atom. The lowest BCUT2D eigenvalue weighted by Gasteiger charge is -2.11. The molecule has 3 aromatic rings. The highest BCUT2D eigenvalue weighted by Gasteiger charge is 2.18. The molecule has 1 aromatic heterocycles. The first-order valence-corrected chi connectivity index (χ1v) is 10.7. The van der Waals surface area contributed by atoms with Gasteiger partial charge in [-0.15, -0.1) is 0 Å². The molecular formula is C25H23FN4O3. The SMILES string of the molecule is N#C/C(=C\c1cn(CC(=O)NCC2CCCO2)c2ccccc12)C(=O)Nc1ccccc1F. The minimum Gasteiger partial charge on any atom is -0.376 e. The van der Waals surface area contributed by atoms with Crippen molar-refractivity contribution in [2.24, 2.45) is 0 Å². The van der Waals surface area contributed by atoms with Crippen molar-refractivity contribution >= 4 is 34.5 Å². The number of carbonyl (C=O) groups is 2. The van der Waals surface area contributed by atoms with Gasteiger partial charge < -0.3 is 19.9 Å². The van der Waals surface area contributed by atoms with Crippen molar-refractivity contribution in [2.45, 2.75) is 25.5 Å². The zero-order chi connectivity index (χ0) is 23.2. The van der Waals surface area contributed by atoms with Crippen LogP contribution in [0.3, 0.4) is 0 Å². The molecule has 1 aliphatic rings. The minimum atomic E-state index is -0.714. The molecule has 0 radical (unpaired) electrons. The average Bonchev–Trinajstić information content (AvgIpc) is 3.46. The molecule has 0 saturated carbocycles. The number of hydrogen-bond acceptors (Lipinski definition) is 4. The standard InChI is InChI=1S/C25H23FN4O3/c26-21-8-2-3-9-22(21)29-25(32)17(13-27)12-18-15-30(23-10-4-1-7-20(18)23)16-24(31)28-14-19-6-5-11-33-19/h1-4,7-10,12,15,19H,5-6,11,14,16H2,(H,28,31)(H,29,32)/b17-12+. The third-order valence-corrected chi connectivity index (χ3v) is 5.47. The molecule has 2 N–H and O–H groups in total. The maximum atomic E-state index is 13.9. The molecule has 1 saturated heterocycles.